The van der Waals surface area contributed by atoms with Crippen LogP contribution in [-0.2, 0) is 23.9 Å². The first-order valence-corrected chi connectivity index (χ1v) is 15.5. The van der Waals surface area contributed by atoms with Gasteiger partial charge in [-0.25, -0.2) is 0 Å². The Balaban J connectivity index is 2.09. The lowest BCUT2D eigenvalue weighted by atomic mass is 9.89. The van der Waals surface area contributed by atoms with Crippen LogP contribution in [0.4, 0.5) is 0 Å². The van der Waals surface area contributed by atoms with Crippen LogP contribution in [0.5, 0.6) is 0 Å². The highest BCUT2D eigenvalue weighted by Crippen LogP contribution is 2.29. The number of carbonyl (C=O) groups is 3. The number of amides is 3. The Morgan fingerprint density at radius 1 is 1.12 bits per heavy atom. The largest absolute Gasteiger partial charge is 0.379 e. The van der Waals surface area contributed by atoms with Gasteiger partial charge in [0.1, 0.15) is 0 Å². The van der Waals surface area contributed by atoms with E-state index >= 15 is 0 Å². The minimum absolute atomic E-state index is 0.00179. The van der Waals surface area contributed by atoms with Crippen LogP contribution in [0, 0.1) is 23.7 Å². The van der Waals surface area contributed by atoms with Gasteiger partial charge in [0, 0.05) is 34.4 Å². The third-order valence-electron chi connectivity index (χ3n) is 9.15. The minimum atomic E-state index is -0.617. The van der Waals surface area contributed by atoms with Gasteiger partial charge >= 0.3 is 0 Å². The molecular formula is C32H56N4O5. The van der Waals surface area contributed by atoms with E-state index in [9.17, 15) is 14.4 Å². The topological polar surface area (TPSA) is 114 Å². The molecule has 8 atom stereocenters. The summed E-state index contributed by atoms with van der Waals surface area (Å²) < 4.78 is 11.8. The van der Waals surface area contributed by atoms with Crippen LogP contribution in [0.25, 0.3) is 0 Å². The molecular weight excluding hydrogens is 520 g/mol. The standard InChI is InChI=1S/C32H56N4O5/c1-9-22(4)29(35(6)32(39)28(33)21(2)3)26(40-7)20-27(37)36-19-13-16-25(36)30(41-8)23(5)31(38)34-18-17-24-14-11-10-12-15-24/h10-12,14,21-26,28-30H,9,13,15-20,33H2,1-8H3,(H,34,38)/t22-,23+,24?,25-,26?,28?,29?,30+/m0/s1. The van der Waals surface area contributed by atoms with Crippen molar-refractivity contribution in [1.82, 2.24) is 15.1 Å². The highest BCUT2D eigenvalue weighted by molar-refractivity contribution is 5.82. The number of ether oxygens (including phenoxy) is 2. The Morgan fingerprint density at radius 2 is 1.83 bits per heavy atom. The van der Waals surface area contributed by atoms with E-state index in [0.717, 1.165) is 32.1 Å². The number of allylic oxidation sites excluding steroid dienone is 4. The predicted molar refractivity (Wildman–Crippen MR) is 163 cm³/mol. The van der Waals surface area contributed by atoms with Gasteiger partial charge in [0.25, 0.3) is 0 Å². The zero-order valence-electron chi connectivity index (χ0n) is 26.7. The average molecular weight is 577 g/mol. The number of rotatable bonds is 16. The number of hydrogen-bond donors (Lipinski definition) is 2. The van der Waals surface area contributed by atoms with Gasteiger partial charge in [-0.15, -0.1) is 0 Å². The molecule has 1 aliphatic carbocycles. The quantitative estimate of drug-likeness (QED) is 0.291. The summed E-state index contributed by atoms with van der Waals surface area (Å²) in [5.41, 5.74) is 6.21. The summed E-state index contributed by atoms with van der Waals surface area (Å²) >= 11 is 0. The second kappa shape index (κ2) is 17.0. The number of carbonyl (C=O) groups excluding carboxylic acids is 3. The van der Waals surface area contributed by atoms with Crippen LogP contribution in [0.15, 0.2) is 24.3 Å². The van der Waals surface area contributed by atoms with Crippen LogP contribution in [0.1, 0.15) is 73.1 Å². The normalized spacial score (nSPS) is 23.1. The van der Waals surface area contributed by atoms with Crippen LogP contribution in [0.2, 0.25) is 0 Å². The number of likely N-dealkylation sites (N-methyl/N-ethyl adjacent to an activating group) is 1. The first-order valence-electron chi connectivity index (χ1n) is 15.5. The number of hydrogen-bond acceptors (Lipinski definition) is 6. The van der Waals surface area contributed by atoms with E-state index in [0.29, 0.717) is 19.0 Å². The Hall–Kier alpha value is -2.23. The summed E-state index contributed by atoms with van der Waals surface area (Å²) in [6.07, 6.45) is 12.0. The molecule has 0 bridgehead atoms. The molecule has 4 unspecified atom stereocenters. The van der Waals surface area contributed by atoms with Crippen molar-refractivity contribution in [3.05, 3.63) is 24.3 Å². The second-order valence-electron chi connectivity index (χ2n) is 12.2. The maximum absolute atomic E-state index is 13.8. The van der Waals surface area contributed by atoms with Crippen LogP contribution in [-0.4, -0.2) is 92.2 Å². The van der Waals surface area contributed by atoms with Crippen molar-refractivity contribution in [3.8, 4) is 0 Å². The average Bonchev–Trinajstić information content (AvgIpc) is 3.46. The van der Waals surface area contributed by atoms with Crippen molar-refractivity contribution in [2.45, 2.75) is 103 Å². The molecule has 0 aromatic heterocycles. The van der Waals surface area contributed by atoms with Crippen LogP contribution in [0.3, 0.4) is 0 Å². The molecule has 3 amide bonds. The lowest BCUT2D eigenvalue weighted by Crippen LogP contribution is -2.56. The van der Waals surface area contributed by atoms with E-state index in [2.05, 4.69) is 43.5 Å². The first kappa shape index (κ1) is 35.0. The van der Waals surface area contributed by atoms with E-state index in [1.165, 1.54) is 0 Å². The Morgan fingerprint density at radius 3 is 2.39 bits per heavy atom. The smallest absolute Gasteiger partial charge is 0.239 e. The van der Waals surface area contributed by atoms with Gasteiger partial charge in [-0.3, -0.25) is 14.4 Å². The van der Waals surface area contributed by atoms with Crippen molar-refractivity contribution >= 4 is 17.7 Å². The number of likely N-dealkylation sites (tertiary alicyclic amines) is 1. The Bertz CT molecular complexity index is 907. The fourth-order valence-electron chi connectivity index (χ4n) is 6.21. The molecule has 1 heterocycles. The summed E-state index contributed by atoms with van der Waals surface area (Å²) in [4.78, 5) is 43.6. The molecule has 9 heteroatoms. The molecule has 1 fully saturated rings. The van der Waals surface area contributed by atoms with Crippen molar-refractivity contribution in [3.63, 3.8) is 0 Å². The second-order valence-corrected chi connectivity index (χ2v) is 12.2. The number of nitrogens with zero attached hydrogens (tertiary/aromatic N) is 2. The van der Waals surface area contributed by atoms with Gasteiger partial charge in [-0.05, 0) is 43.4 Å². The highest BCUT2D eigenvalue weighted by atomic mass is 16.5. The molecule has 2 aliphatic rings. The van der Waals surface area contributed by atoms with Gasteiger partial charge in [0.15, 0.2) is 0 Å². The van der Waals surface area contributed by atoms with Crippen molar-refractivity contribution in [1.29, 1.82) is 0 Å². The minimum Gasteiger partial charge on any atom is -0.379 e. The van der Waals surface area contributed by atoms with Crippen LogP contribution >= 0.6 is 0 Å². The Kier molecular flexibility index (Phi) is 14.5. The first-order chi connectivity index (χ1) is 19.5. The molecule has 0 spiro atoms. The molecule has 0 saturated carbocycles. The lowest BCUT2D eigenvalue weighted by molar-refractivity contribution is -0.146. The lowest BCUT2D eigenvalue weighted by Gasteiger charge is -2.40. The molecule has 1 saturated heterocycles. The van der Waals surface area contributed by atoms with E-state index in [1.807, 2.05) is 25.7 Å². The molecule has 234 valence electrons. The summed E-state index contributed by atoms with van der Waals surface area (Å²) in [6, 6.07) is -1.12. The highest BCUT2D eigenvalue weighted by Gasteiger charge is 2.42. The molecule has 3 N–H and O–H groups in total. The van der Waals surface area contributed by atoms with Gasteiger partial charge in [-0.1, -0.05) is 65.3 Å². The Labute approximate surface area is 248 Å². The summed E-state index contributed by atoms with van der Waals surface area (Å²) in [6.45, 7) is 11.1. The summed E-state index contributed by atoms with van der Waals surface area (Å²) in [7, 11) is 4.97. The molecule has 2 rings (SSSR count). The van der Waals surface area contributed by atoms with Gasteiger partial charge in [-0.2, -0.15) is 0 Å². The summed E-state index contributed by atoms with van der Waals surface area (Å²) in [5.74, 6) is -0.108. The van der Waals surface area contributed by atoms with E-state index in [1.54, 1.807) is 26.2 Å². The zero-order valence-corrected chi connectivity index (χ0v) is 26.7. The molecule has 0 radical (unpaired) electrons. The van der Waals surface area contributed by atoms with Crippen LogP contribution < -0.4 is 11.1 Å². The number of methoxy groups -OCH3 is 2. The van der Waals surface area contributed by atoms with Crippen molar-refractivity contribution in [2.24, 2.45) is 29.4 Å². The maximum Gasteiger partial charge on any atom is 0.239 e. The van der Waals surface area contributed by atoms with E-state index < -0.39 is 24.2 Å². The number of nitrogens with one attached hydrogen (secondary N) is 1. The number of nitrogens with two attached hydrogens (primary N) is 1. The SMILES string of the molecule is CC[C@H](C)C(C(CC(=O)N1CCC[C@H]1[C@H](OC)[C@@H](C)C(=O)NCCC1C=CC=CC1)OC)N(C)C(=O)C(N)C(C)C. The zero-order chi connectivity index (χ0) is 30.7. The van der Waals surface area contributed by atoms with E-state index in [4.69, 9.17) is 15.2 Å². The molecule has 1 aliphatic heterocycles. The summed E-state index contributed by atoms with van der Waals surface area (Å²) in [5, 5.41) is 3.08. The van der Waals surface area contributed by atoms with Gasteiger partial charge in [0.2, 0.25) is 17.7 Å². The van der Waals surface area contributed by atoms with Gasteiger partial charge < -0.3 is 30.3 Å². The van der Waals surface area contributed by atoms with Crippen molar-refractivity contribution < 1.29 is 23.9 Å². The maximum atomic E-state index is 13.8. The van der Waals surface area contributed by atoms with Crippen molar-refractivity contribution in [2.75, 3.05) is 34.4 Å². The molecule has 0 aromatic carbocycles. The monoisotopic (exact) mass is 576 g/mol. The molecule has 41 heavy (non-hydrogen) atoms. The van der Waals surface area contributed by atoms with Gasteiger partial charge in [0.05, 0.1) is 42.7 Å². The third-order valence-corrected chi connectivity index (χ3v) is 9.15. The fraction of sp³-hybridized carbons (Fsp3) is 0.781. The predicted octanol–water partition coefficient (Wildman–Crippen LogP) is 3.53. The molecule has 0 aromatic rings. The van der Waals surface area contributed by atoms with E-state index in [-0.39, 0.29) is 48.1 Å². The fourth-order valence-corrected chi connectivity index (χ4v) is 6.21. The molecule has 9 nitrogen and oxygen atoms in total. The third kappa shape index (κ3) is 9.38.